The summed E-state index contributed by atoms with van der Waals surface area (Å²) in [4.78, 5) is 0. The van der Waals surface area contributed by atoms with Crippen LogP contribution in [-0.2, 0) is 0 Å². The maximum Gasteiger partial charge on any atom is 0.0459 e. The van der Waals surface area contributed by atoms with Crippen molar-refractivity contribution in [2.45, 2.75) is 51.4 Å². The van der Waals surface area contributed by atoms with Crippen LogP contribution in [-0.4, -0.2) is 24.8 Å². The van der Waals surface area contributed by atoms with Gasteiger partial charge in [0.05, 0.1) is 0 Å². The fourth-order valence-electron chi connectivity index (χ4n) is 2.17. The lowest BCUT2D eigenvalue weighted by Crippen LogP contribution is -2.21. The molecule has 0 aromatic carbocycles. The van der Waals surface area contributed by atoms with Crippen molar-refractivity contribution in [3.63, 3.8) is 0 Å². The van der Waals surface area contributed by atoms with Crippen LogP contribution in [0.5, 0.6) is 0 Å². The predicted molar refractivity (Wildman–Crippen MR) is 60.4 cm³/mol. The number of nitrogens with one attached hydrogen (secondary N) is 1. The molecule has 1 aliphatic heterocycles. The Labute approximate surface area is 88.1 Å². The molecule has 2 fully saturated rings. The van der Waals surface area contributed by atoms with E-state index in [2.05, 4.69) is 5.32 Å². The van der Waals surface area contributed by atoms with Crippen molar-refractivity contribution in [3.8, 4) is 0 Å². The van der Waals surface area contributed by atoms with E-state index in [0.29, 0.717) is 12.5 Å². The Hall–Kier alpha value is -0.0800. The molecule has 0 spiro atoms. The van der Waals surface area contributed by atoms with Gasteiger partial charge in [0.2, 0.25) is 0 Å². The van der Waals surface area contributed by atoms with Gasteiger partial charge in [-0.15, -0.1) is 0 Å². The van der Waals surface area contributed by atoms with Crippen LogP contribution in [0.25, 0.3) is 0 Å². The number of aliphatic hydroxyl groups excluding tert-OH is 1. The molecule has 0 bridgehead atoms. The second-order valence-electron chi connectivity index (χ2n) is 4.50. The average Bonchev–Trinajstić information content (AvgIpc) is 2.33. The Balaban J connectivity index is 0.000000146. The van der Waals surface area contributed by atoms with E-state index >= 15 is 0 Å². The van der Waals surface area contributed by atoms with E-state index in [1.165, 1.54) is 64.5 Å². The SMILES string of the molecule is C1CCNCC1.OCC1CCCCC1. The molecular formula is C12H25NO. The van der Waals surface area contributed by atoms with Gasteiger partial charge in [0.25, 0.3) is 0 Å². The number of hydrogen-bond acceptors (Lipinski definition) is 2. The second kappa shape index (κ2) is 8.25. The monoisotopic (exact) mass is 199 g/mol. The fourth-order valence-corrected chi connectivity index (χ4v) is 2.17. The van der Waals surface area contributed by atoms with Crippen molar-refractivity contribution in [2.24, 2.45) is 5.92 Å². The summed E-state index contributed by atoms with van der Waals surface area (Å²) in [6.07, 6.45) is 10.8. The Morgan fingerprint density at radius 2 is 1.43 bits per heavy atom. The Morgan fingerprint density at radius 3 is 1.71 bits per heavy atom. The number of aliphatic hydroxyl groups is 1. The molecule has 1 saturated carbocycles. The predicted octanol–water partition coefficient (Wildman–Crippen LogP) is 2.32. The van der Waals surface area contributed by atoms with Crippen molar-refractivity contribution in [1.82, 2.24) is 5.32 Å². The van der Waals surface area contributed by atoms with Crippen LogP contribution in [0, 0.1) is 5.92 Å². The average molecular weight is 199 g/mol. The summed E-state index contributed by atoms with van der Waals surface area (Å²) in [7, 11) is 0. The van der Waals surface area contributed by atoms with Gasteiger partial charge in [-0.05, 0) is 44.7 Å². The normalized spacial score (nSPS) is 23.8. The van der Waals surface area contributed by atoms with Gasteiger partial charge in [0.1, 0.15) is 0 Å². The molecule has 0 atom stereocenters. The van der Waals surface area contributed by atoms with Crippen molar-refractivity contribution in [2.75, 3.05) is 19.7 Å². The summed E-state index contributed by atoms with van der Waals surface area (Å²) >= 11 is 0. The highest BCUT2D eigenvalue weighted by Crippen LogP contribution is 2.22. The van der Waals surface area contributed by atoms with Crippen LogP contribution in [0.4, 0.5) is 0 Å². The first-order chi connectivity index (χ1) is 6.93. The summed E-state index contributed by atoms with van der Waals surface area (Å²) in [5.74, 6) is 0.642. The summed E-state index contributed by atoms with van der Waals surface area (Å²) in [6.45, 7) is 2.92. The number of rotatable bonds is 1. The first-order valence-electron chi connectivity index (χ1n) is 6.25. The largest absolute Gasteiger partial charge is 0.396 e. The molecule has 0 aromatic heterocycles. The molecule has 0 unspecified atom stereocenters. The lowest BCUT2D eigenvalue weighted by molar-refractivity contribution is 0.190. The van der Waals surface area contributed by atoms with E-state index < -0.39 is 0 Å². The van der Waals surface area contributed by atoms with Gasteiger partial charge in [-0.2, -0.15) is 0 Å². The van der Waals surface area contributed by atoms with Crippen molar-refractivity contribution >= 4 is 0 Å². The molecular weight excluding hydrogens is 174 g/mol. The van der Waals surface area contributed by atoms with Crippen molar-refractivity contribution < 1.29 is 5.11 Å². The number of piperidine rings is 1. The molecule has 1 heterocycles. The molecule has 2 N–H and O–H groups in total. The van der Waals surface area contributed by atoms with Gasteiger partial charge in [0, 0.05) is 6.61 Å². The lowest BCUT2D eigenvalue weighted by Gasteiger charge is -2.18. The zero-order chi connectivity index (χ0) is 10.1. The topological polar surface area (TPSA) is 32.3 Å². The lowest BCUT2D eigenvalue weighted by atomic mass is 9.90. The zero-order valence-corrected chi connectivity index (χ0v) is 9.30. The maximum absolute atomic E-state index is 8.69. The van der Waals surface area contributed by atoms with Crippen molar-refractivity contribution in [3.05, 3.63) is 0 Å². The molecule has 1 saturated heterocycles. The Morgan fingerprint density at radius 1 is 0.857 bits per heavy atom. The molecule has 84 valence electrons. The minimum absolute atomic E-state index is 0.417. The van der Waals surface area contributed by atoms with Gasteiger partial charge in [0.15, 0.2) is 0 Å². The van der Waals surface area contributed by atoms with Crippen LogP contribution >= 0.6 is 0 Å². The van der Waals surface area contributed by atoms with E-state index in [1.807, 2.05) is 0 Å². The van der Waals surface area contributed by atoms with Gasteiger partial charge in [-0.25, -0.2) is 0 Å². The van der Waals surface area contributed by atoms with Gasteiger partial charge in [-0.3, -0.25) is 0 Å². The van der Waals surface area contributed by atoms with E-state index in [1.54, 1.807) is 0 Å². The quantitative estimate of drug-likeness (QED) is 0.679. The smallest absolute Gasteiger partial charge is 0.0459 e. The molecule has 2 aliphatic rings. The van der Waals surface area contributed by atoms with Crippen LogP contribution < -0.4 is 5.32 Å². The minimum Gasteiger partial charge on any atom is -0.396 e. The highest BCUT2D eigenvalue weighted by atomic mass is 16.3. The molecule has 0 radical (unpaired) electrons. The highest BCUT2D eigenvalue weighted by Gasteiger charge is 2.10. The van der Waals surface area contributed by atoms with E-state index in [0.717, 1.165) is 0 Å². The van der Waals surface area contributed by atoms with Gasteiger partial charge in [-0.1, -0.05) is 25.7 Å². The highest BCUT2D eigenvalue weighted by molar-refractivity contribution is 4.63. The third kappa shape index (κ3) is 5.61. The summed E-state index contributed by atoms with van der Waals surface area (Å²) in [5, 5.41) is 12.0. The third-order valence-electron chi connectivity index (χ3n) is 3.19. The molecule has 1 aliphatic carbocycles. The van der Waals surface area contributed by atoms with Crippen molar-refractivity contribution in [1.29, 1.82) is 0 Å². The summed E-state index contributed by atoms with van der Waals surface area (Å²) < 4.78 is 0. The Kier molecular flexibility index (Phi) is 7.06. The zero-order valence-electron chi connectivity index (χ0n) is 9.30. The fraction of sp³-hybridized carbons (Fsp3) is 1.00. The molecule has 2 nitrogen and oxygen atoms in total. The van der Waals surface area contributed by atoms with Gasteiger partial charge >= 0.3 is 0 Å². The van der Waals surface area contributed by atoms with E-state index in [4.69, 9.17) is 5.11 Å². The molecule has 2 heteroatoms. The first-order valence-corrected chi connectivity index (χ1v) is 6.25. The molecule has 2 rings (SSSR count). The van der Waals surface area contributed by atoms with Crippen LogP contribution in [0.15, 0.2) is 0 Å². The standard InChI is InChI=1S/C7H14O.C5H11N/c8-6-7-4-2-1-3-5-7;1-2-4-6-5-3-1/h7-8H,1-6H2;6H,1-5H2. The van der Waals surface area contributed by atoms with Crippen LogP contribution in [0.3, 0.4) is 0 Å². The van der Waals surface area contributed by atoms with Crippen LogP contribution in [0.2, 0.25) is 0 Å². The maximum atomic E-state index is 8.69. The summed E-state index contributed by atoms with van der Waals surface area (Å²) in [6, 6.07) is 0. The molecule has 0 aromatic rings. The molecule has 14 heavy (non-hydrogen) atoms. The van der Waals surface area contributed by atoms with Gasteiger partial charge < -0.3 is 10.4 Å². The molecule has 0 amide bonds. The number of hydrogen-bond donors (Lipinski definition) is 2. The first kappa shape index (κ1) is 12.0. The van der Waals surface area contributed by atoms with Crippen LogP contribution in [0.1, 0.15) is 51.4 Å². The Bertz CT molecular complexity index is 106. The van der Waals surface area contributed by atoms with E-state index in [-0.39, 0.29) is 0 Å². The third-order valence-corrected chi connectivity index (χ3v) is 3.19. The minimum atomic E-state index is 0.417. The summed E-state index contributed by atoms with van der Waals surface area (Å²) in [5.41, 5.74) is 0. The van der Waals surface area contributed by atoms with E-state index in [9.17, 15) is 0 Å². The second-order valence-corrected chi connectivity index (χ2v) is 4.50.